The maximum Gasteiger partial charge on any atom is 0.238 e. The van der Waals surface area contributed by atoms with Crippen LogP contribution in [-0.2, 0) is 9.59 Å². The van der Waals surface area contributed by atoms with Gasteiger partial charge in [0.25, 0.3) is 0 Å². The Bertz CT molecular complexity index is 645. The van der Waals surface area contributed by atoms with E-state index in [1.54, 1.807) is 18.2 Å². The SMILES string of the molecule is CC1=C(C)C[C@@H]2C(=O)N(c3cccc(Cl)c3C)C(=O)[C@H]2C1. The molecule has 1 fully saturated rings. The largest absolute Gasteiger partial charge is 0.274 e. The van der Waals surface area contributed by atoms with Crippen LogP contribution in [0.5, 0.6) is 0 Å². The van der Waals surface area contributed by atoms with E-state index in [2.05, 4.69) is 13.8 Å². The van der Waals surface area contributed by atoms with Crippen LogP contribution in [0.4, 0.5) is 5.69 Å². The van der Waals surface area contributed by atoms with Crippen molar-refractivity contribution in [3.63, 3.8) is 0 Å². The zero-order valence-electron chi connectivity index (χ0n) is 12.4. The van der Waals surface area contributed by atoms with Gasteiger partial charge in [0.2, 0.25) is 11.8 Å². The van der Waals surface area contributed by atoms with Crippen molar-refractivity contribution in [1.82, 2.24) is 0 Å². The van der Waals surface area contributed by atoms with E-state index in [0.29, 0.717) is 23.6 Å². The van der Waals surface area contributed by atoms with Crippen LogP contribution in [0.15, 0.2) is 29.3 Å². The molecule has 0 N–H and O–H groups in total. The maximum absolute atomic E-state index is 12.7. The molecule has 2 atom stereocenters. The Labute approximate surface area is 129 Å². The Hall–Kier alpha value is -1.61. The molecule has 0 spiro atoms. The monoisotopic (exact) mass is 303 g/mol. The molecule has 3 nitrogen and oxygen atoms in total. The summed E-state index contributed by atoms with van der Waals surface area (Å²) in [6, 6.07) is 5.34. The Kier molecular flexibility index (Phi) is 3.40. The molecule has 1 aromatic rings. The number of amides is 2. The fraction of sp³-hybridized carbons (Fsp3) is 0.412. The number of allylic oxidation sites excluding steroid dienone is 2. The number of carbonyl (C=O) groups excluding carboxylic acids is 2. The Morgan fingerprint density at radius 3 is 2.05 bits per heavy atom. The van der Waals surface area contributed by atoms with E-state index >= 15 is 0 Å². The van der Waals surface area contributed by atoms with Gasteiger partial charge < -0.3 is 0 Å². The molecule has 0 aromatic heterocycles. The lowest BCUT2D eigenvalue weighted by atomic mass is 9.78. The molecule has 1 aliphatic heterocycles. The fourth-order valence-corrected chi connectivity index (χ4v) is 3.50. The topological polar surface area (TPSA) is 37.4 Å². The van der Waals surface area contributed by atoms with Crippen molar-refractivity contribution in [1.29, 1.82) is 0 Å². The third kappa shape index (κ3) is 2.11. The average molecular weight is 304 g/mol. The molecule has 21 heavy (non-hydrogen) atoms. The van der Waals surface area contributed by atoms with Gasteiger partial charge in [-0.05, 0) is 51.3 Å². The van der Waals surface area contributed by atoms with E-state index in [1.165, 1.54) is 16.0 Å². The highest BCUT2D eigenvalue weighted by Crippen LogP contribution is 2.43. The first-order valence-electron chi connectivity index (χ1n) is 7.20. The molecule has 0 radical (unpaired) electrons. The molecule has 0 saturated carbocycles. The van der Waals surface area contributed by atoms with Gasteiger partial charge in [0.15, 0.2) is 0 Å². The van der Waals surface area contributed by atoms with E-state index in [-0.39, 0.29) is 23.7 Å². The van der Waals surface area contributed by atoms with Gasteiger partial charge in [-0.1, -0.05) is 28.8 Å². The van der Waals surface area contributed by atoms with Crippen LogP contribution < -0.4 is 4.90 Å². The van der Waals surface area contributed by atoms with Crippen molar-refractivity contribution >= 4 is 29.1 Å². The molecule has 1 aromatic carbocycles. The molecule has 4 heteroatoms. The second kappa shape index (κ2) is 4.99. The lowest BCUT2D eigenvalue weighted by Gasteiger charge is -2.23. The number of fused-ring (bicyclic) bond motifs is 1. The third-order valence-electron chi connectivity index (χ3n) is 4.82. The molecule has 0 bridgehead atoms. The first-order valence-corrected chi connectivity index (χ1v) is 7.57. The molecular weight excluding hydrogens is 286 g/mol. The summed E-state index contributed by atoms with van der Waals surface area (Å²) in [5.74, 6) is -0.580. The molecule has 1 saturated heterocycles. The highest BCUT2D eigenvalue weighted by atomic mass is 35.5. The summed E-state index contributed by atoms with van der Waals surface area (Å²) in [7, 11) is 0. The van der Waals surface area contributed by atoms with Gasteiger partial charge in [-0.3, -0.25) is 9.59 Å². The van der Waals surface area contributed by atoms with E-state index in [1.807, 2.05) is 6.92 Å². The molecule has 110 valence electrons. The number of carbonyl (C=O) groups is 2. The predicted octanol–water partition coefficient (Wildman–Crippen LogP) is 3.88. The summed E-state index contributed by atoms with van der Waals surface area (Å²) >= 11 is 6.13. The van der Waals surface area contributed by atoms with Crippen molar-refractivity contribution in [3.05, 3.63) is 39.9 Å². The lowest BCUT2D eigenvalue weighted by molar-refractivity contribution is -0.122. The number of halogens is 1. The highest BCUT2D eigenvalue weighted by molar-refractivity contribution is 6.32. The van der Waals surface area contributed by atoms with Gasteiger partial charge in [-0.15, -0.1) is 0 Å². The lowest BCUT2D eigenvalue weighted by Crippen LogP contribution is -2.31. The second-order valence-corrected chi connectivity index (χ2v) is 6.48. The second-order valence-electron chi connectivity index (χ2n) is 6.08. The number of anilines is 1. The Morgan fingerprint density at radius 2 is 1.52 bits per heavy atom. The zero-order chi connectivity index (χ0) is 15.3. The summed E-state index contributed by atoms with van der Waals surface area (Å²) in [6.07, 6.45) is 1.38. The quantitative estimate of drug-likeness (QED) is 0.583. The average Bonchev–Trinajstić information content (AvgIpc) is 2.67. The number of hydrogen-bond acceptors (Lipinski definition) is 2. The van der Waals surface area contributed by atoms with Crippen LogP contribution in [0.2, 0.25) is 5.02 Å². The molecule has 2 amide bonds. The highest BCUT2D eigenvalue weighted by Gasteiger charge is 2.49. The van der Waals surface area contributed by atoms with Crippen molar-refractivity contribution in [3.8, 4) is 0 Å². The third-order valence-corrected chi connectivity index (χ3v) is 5.23. The van der Waals surface area contributed by atoms with E-state index in [4.69, 9.17) is 11.6 Å². The van der Waals surface area contributed by atoms with Gasteiger partial charge in [-0.25, -0.2) is 4.90 Å². The van der Waals surface area contributed by atoms with Crippen LogP contribution in [-0.4, -0.2) is 11.8 Å². The number of rotatable bonds is 1. The molecule has 1 heterocycles. The zero-order valence-corrected chi connectivity index (χ0v) is 13.2. The van der Waals surface area contributed by atoms with Gasteiger partial charge in [-0.2, -0.15) is 0 Å². The summed E-state index contributed by atoms with van der Waals surface area (Å²) in [5, 5.41) is 0.577. The van der Waals surface area contributed by atoms with Gasteiger partial charge in [0, 0.05) is 5.02 Å². The van der Waals surface area contributed by atoms with Gasteiger partial charge in [0.05, 0.1) is 17.5 Å². The number of benzene rings is 1. The van der Waals surface area contributed by atoms with E-state index < -0.39 is 0 Å². The van der Waals surface area contributed by atoms with Crippen LogP contribution in [0, 0.1) is 18.8 Å². The fourth-order valence-electron chi connectivity index (χ4n) is 3.33. The van der Waals surface area contributed by atoms with Crippen LogP contribution in [0.1, 0.15) is 32.3 Å². The molecule has 3 rings (SSSR count). The smallest absolute Gasteiger partial charge is 0.238 e. The molecule has 0 unspecified atom stereocenters. The standard InChI is InChI=1S/C17H18ClNO2/c1-9-7-12-13(8-10(9)2)17(21)19(16(12)20)15-6-4-5-14(18)11(15)3/h4-6,12-13H,7-8H2,1-3H3/t12-,13-/m0/s1. The van der Waals surface area contributed by atoms with Crippen LogP contribution in [0.25, 0.3) is 0 Å². The summed E-state index contributed by atoms with van der Waals surface area (Å²) in [6.45, 7) is 5.95. The van der Waals surface area contributed by atoms with Crippen molar-refractivity contribution in [2.75, 3.05) is 4.90 Å². The first kappa shape index (κ1) is 14.3. The Morgan fingerprint density at radius 1 is 1.00 bits per heavy atom. The number of hydrogen-bond donors (Lipinski definition) is 0. The summed E-state index contributed by atoms with van der Waals surface area (Å²) in [5.41, 5.74) is 3.88. The van der Waals surface area contributed by atoms with Crippen molar-refractivity contribution < 1.29 is 9.59 Å². The van der Waals surface area contributed by atoms with E-state index in [9.17, 15) is 9.59 Å². The molecular formula is C17H18ClNO2. The van der Waals surface area contributed by atoms with Crippen molar-refractivity contribution in [2.24, 2.45) is 11.8 Å². The minimum Gasteiger partial charge on any atom is -0.274 e. The summed E-state index contributed by atoms with van der Waals surface area (Å²) < 4.78 is 0. The van der Waals surface area contributed by atoms with Crippen molar-refractivity contribution in [2.45, 2.75) is 33.6 Å². The number of imide groups is 1. The van der Waals surface area contributed by atoms with Crippen LogP contribution >= 0.6 is 11.6 Å². The van der Waals surface area contributed by atoms with Gasteiger partial charge >= 0.3 is 0 Å². The molecule has 2 aliphatic rings. The minimum absolute atomic E-state index is 0.0813. The minimum atomic E-state index is -0.209. The first-order chi connectivity index (χ1) is 9.91. The Balaban J connectivity index is 2.02. The predicted molar refractivity (Wildman–Crippen MR) is 83.3 cm³/mol. The normalized spacial score (nSPS) is 25.6. The van der Waals surface area contributed by atoms with Crippen LogP contribution in [0.3, 0.4) is 0 Å². The molecule has 1 aliphatic carbocycles. The summed E-state index contributed by atoms with van der Waals surface area (Å²) in [4.78, 5) is 26.8. The number of nitrogens with zero attached hydrogens (tertiary/aromatic N) is 1. The van der Waals surface area contributed by atoms with Gasteiger partial charge in [0.1, 0.15) is 0 Å². The van der Waals surface area contributed by atoms with E-state index in [0.717, 1.165) is 5.56 Å². The maximum atomic E-state index is 12.7.